The zero-order valence-electron chi connectivity index (χ0n) is 9.46. The lowest BCUT2D eigenvalue weighted by Crippen LogP contribution is -2.02. The molecule has 0 saturated heterocycles. The molecule has 0 aliphatic rings. The molecule has 2 heterocycles. The summed E-state index contributed by atoms with van der Waals surface area (Å²) < 4.78 is 0. The number of benzene rings is 1. The third-order valence-electron chi connectivity index (χ3n) is 2.59. The van der Waals surface area contributed by atoms with Crippen molar-refractivity contribution in [3.05, 3.63) is 42.5 Å². The van der Waals surface area contributed by atoms with Crippen LogP contribution in [-0.2, 0) is 6.54 Å². The molecule has 0 spiro atoms. The van der Waals surface area contributed by atoms with Crippen molar-refractivity contribution in [2.75, 3.05) is 5.32 Å². The molecule has 0 aliphatic heterocycles. The molecule has 6 nitrogen and oxygen atoms in total. The summed E-state index contributed by atoms with van der Waals surface area (Å²) in [6.07, 6.45) is 3.05. The van der Waals surface area contributed by atoms with Gasteiger partial charge in [0.1, 0.15) is 17.6 Å². The third-order valence-corrected chi connectivity index (χ3v) is 2.59. The zero-order chi connectivity index (χ0) is 12.4. The van der Waals surface area contributed by atoms with E-state index >= 15 is 0 Å². The molecule has 3 rings (SSSR count). The van der Waals surface area contributed by atoms with E-state index in [1.54, 1.807) is 24.5 Å². The van der Waals surface area contributed by atoms with Crippen molar-refractivity contribution in [3.63, 3.8) is 0 Å². The minimum Gasteiger partial charge on any atom is -0.508 e. The Morgan fingerprint density at radius 3 is 3.06 bits per heavy atom. The minimum atomic E-state index is 0.253. The lowest BCUT2D eigenvalue weighted by Gasteiger charge is -2.06. The van der Waals surface area contributed by atoms with Crippen LogP contribution in [0.2, 0.25) is 0 Å². The Morgan fingerprint density at radius 2 is 2.17 bits per heavy atom. The summed E-state index contributed by atoms with van der Waals surface area (Å²) in [4.78, 5) is 15.2. The number of aromatic amines is 1. The van der Waals surface area contributed by atoms with E-state index in [9.17, 15) is 5.11 Å². The standard InChI is InChI=1S/C12H11N5O/c18-9-3-1-2-8(4-9)5-13-11-10-12(15-6-14-10)17-7-16-11/h1-4,6-7,18H,5H2,(H2,13,14,15,16,17). The highest BCUT2D eigenvalue weighted by Gasteiger charge is 2.05. The van der Waals surface area contributed by atoms with E-state index in [-0.39, 0.29) is 5.75 Å². The first kappa shape index (κ1) is 10.5. The maximum atomic E-state index is 9.38. The molecule has 0 unspecified atom stereocenters. The van der Waals surface area contributed by atoms with Crippen molar-refractivity contribution >= 4 is 17.0 Å². The molecule has 0 saturated carbocycles. The van der Waals surface area contributed by atoms with E-state index in [4.69, 9.17) is 0 Å². The molecule has 0 bridgehead atoms. The van der Waals surface area contributed by atoms with Crippen LogP contribution in [0.25, 0.3) is 11.2 Å². The third kappa shape index (κ3) is 1.95. The van der Waals surface area contributed by atoms with Gasteiger partial charge in [-0.1, -0.05) is 12.1 Å². The van der Waals surface area contributed by atoms with E-state index in [0.29, 0.717) is 18.0 Å². The molecule has 0 amide bonds. The number of rotatable bonds is 3. The number of H-pyrrole nitrogens is 1. The average Bonchev–Trinajstić information content (AvgIpc) is 2.85. The van der Waals surface area contributed by atoms with Gasteiger partial charge in [-0.2, -0.15) is 0 Å². The molecule has 6 heteroatoms. The molecule has 0 atom stereocenters. The van der Waals surface area contributed by atoms with Crippen LogP contribution in [0.1, 0.15) is 5.56 Å². The van der Waals surface area contributed by atoms with Crippen molar-refractivity contribution in [2.45, 2.75) is 6.54 Å². The first-order valence-corrected chi connectivity index (χ1v) is 5.49. The molecule has 18 heavy (non-hydrogen) atoms. The Hall–Kier alpha value is -2.63. The number of nitrogens with zero attached hydrogens (tertiary/aromatic N) is 3. The largest absolute Gasteiger partial charge is 0.508 e. The molecule has 0 fully saturated rings. The number of hydrogen-bond acceptors (Lipinski definition) is 5. The first-order valence-electron chi connectivity index (χ1n) is 5.49. The van der Waals surface area contributed by atoms with Crippen LogP contribution >= 0.6 is 0 Å². The average molecular weight is 241 g/mol. The van der Waals surface area contributed by atoms with Crippen molar-refractivity contribution in [2.24, 2.45) is 0 Å². The number of aromatic nitrogens is 4. The topological polar surface area (TPSA) is 86.7 Å². The summed E-state index contributed by atoms with van der Waals surface area (Å²) in [5, 5.41) is 12.6. The Kier molecular flexibility index (Phi) is 2.53. The summed E-state index contributed by atoms with van der Waals surface area (Å²) in [7, 11) is 0. The van der Waals surface area contributed by atoms with Crippen LogP contribution in [0, 0.1) is 0 Å². The van der Waals surface area contributed by atoms with Crippen molar-refractivity contribution in [1.82, 2.24) is 19.9 Å². The lowest BCUT2D eigenvalue weighted by atomic mass is 10.2. The predicted octanol–water partition coefficient (Wildman–Crippen LogP) is 1.67. The smallest absolute Gasteiger partial charge is 0.182 e. The van der Waals surface area contributed by atoms with Gasteiger partial charge < -0.3 is 15.4 Å². The number of imidazole rings is 1. The van der Waals surface area contributed by atoms with Gasteiger partial charge in [0.05, 0.1) is 6.33 Å². The maximum Gasteiger partial charge on any atom is 0.182 e. The van der Waals surface area contributed by atoms with Crippen molar-refractivity contribution < 1.29 is 5.11 Å². The Morgan fingerprint density at radius 1 is 1.22 bits per heavy atom. The highest BCUT2D eigenvalue weighted by molar-refractivity contribution is 5.81. The normalized spacial score (nSPS) is 10.7. The number of phenolic OH excluding ortho intramolecular Hbond substituents is 1. The fraction of sp³-hybridized carbons (Fsp3) is 0.0833. The van der Waals surface area contributed by atoms with Gasteiger partial charge in [-0.05, 0) is 17.7 Å². The number of hydrogen-bond donors (Lipinski definition) is 3. The Labute approximate surface area is 103 Å². The summed E-state index contributed by atoms with van der Waals surface area (Å²) >= 11 is 0. The van der Waals surface area contributed by atoms with E-state index in [1.807, 2.05) is 6.07 Å². The zero-order valence-corrected chi connectivity index (χ0v) is 9.46. The quantitative estimate of drug-likeness (QED) is 0.649. The number of aromatic hydroxyl groups is 1. The van der Waals surface area contributed by atoms with Gasteiger partial charge in [0.15, 0.2) is 11.5 Å². The Bertz CT molecular complexity index is 679. The van der Waals surface area contributed by atoms with Crippen molar-refractivity contribution in [3.8, 4) is 5.75 Å². The summed E-state index contributed by atoms with van der Waals surface area (Å²) in [6, 6.07) is 7.08. The second-order valence-electron chi connectivity index (χ2n) is 3.85. The molecule has 0 aliphatic carbocycles. The lowest BCUT2D eigenvalue weighted by molar-refractivity contribution is 0.474. The Balaban J connectivity index is 1.83. The molecule has 0 radical (unpaired) electrons. The van der Waals surface area contributed by atoms with E-state index < -0.39 is 0 Å². The second kappa shape index (κ2) is 4.33. The van der Waals surface area contributed by atoms with E-state index in [1.165, 1.54) is 6.33 Å². The molecule has 3 aromatic rings. The van der Waals surface area contributed by atoms with Gasteiger partial charge in [0, 0.05) is 6.54 Å². The number of anilines is 1. The van der Waals surface area contributed by atoms with Crippen LogP contribution in [0.5, 0.6) is 5.75 Å². The minimum absolute atomic E-state index is 0.253. The van der Waals surface area contributed by atoms with Crippen LogP contribution in [0.15, 0.2) is 36.9 Å². The van der Waals surface area contributed by atoms with Gasteiger partial charge in [0.2, 0.25) is 0 Å². The van der Waals surface area contributed by atoms with Gasteiger partial charge in [-0.3, -0.25) is 0 Å². The van der Waals surface area contributed by atoms with E-state index in [0.717, 1.165) is 11.1 Å². The van der Waals surface area contributed by atoms with Gasteiger partial charge >= 0.3 is 0 Å². The van der Waals surface area contributed by atoms with Crippen molar-refractivity contribution in [1.29, 1.82) is 0 Å². The van der Waals surface area contributed by atoms with Crippen LogP contribution in [0.3, 0.4) is 0 Å². The fourth-order valence-corrected chi connectivity index (χ4v) is 1.75. The first-order chi connectivity index (χ1) is 8.83. The fourth-order valence-electron chi connectivity index (χ4n) is 1.75. The monoisotopic (exact) mass is 241 g/mol. The van der Waals surface area contributed by atoms with Gasteiger partial charge in [0.25, 0.3) is 0 Å². The van der Waals surface area contributed by atoms with Crippen LogP contribution < -0.4 is 5.32 Å². The van der Waals surface area contributed by atoms with Gasteiger partial charge in [-0.25, -0.2) is 15.0 Å². The molecule has 90 valence electrons. The number of fused-ring (bicyclic) bond motifs is 1. The van der Waals surface area contributed by atoms with Gasteiger partial charge in [-0.15, -0.1) is 0 Å². The molecule has 3 N–H and O–H groups in total. The predicted molar refractivity (Wildman–Crippen MR) is 67.1 cm³/mol. The van der Waals surface area contributed by atoms with Crippen LogP contribution in [-0.4, -0.2) is 25.0 Å². The number of nitrogens with one attached hydrogen (secondary N) is 2. The second-order valence-corrected chi connectivity index (χ2v) is 3.85. The molecule has 2 aromatic heterocycles. The SMILES string of the molecule is Oc1cccc(CNc2ncnc3nc[nH]c23)c1. The highest BCUT2D eigenvalue weighted by Crippen LogP contribution is 2.16. The highest BCUT2D eigenvalue weighted by atomic mass is 16.3. The molecule has 1 aromatic carbocycles. The van der Waals surface area contributed by atoms with Crippen LogP contribution in [0.4, 0.5) is 5.82 Å². The molecular weight excluding hydrogens is 230 g/mol. The molecular formula is C12H11N5O. The summed E-state index contributed by atoms with van der Waals surface area (Å²) in [5.74, 6) is 0.949. The summed E-state index contributed by atoms with van der Waals surface area (Å²) in [6.45, 7) is 0.569. The summed E-state index contributed by atoms with van der Waals surface area (Å²) in [5.41, 5.74) is 2.38. The number of phenols is 1. The van der Waals surface area contributed by atoms with E-state index in [2.05, 4.69) is 25.3 Å². The maximum absolute atomic E-state index is 9.38.